The number of halogens is 3. The van der Waals surface area contributed by atoms with Gasteiger partial charge in [-0.05, 0) is 12.1 Å². The van der Waals surface area contributed by atoms with Crippen molar-refractivity contribution in [1.82, 2.24) is 4.98 Å². The molecule has 1 rings (SSSR count). The number of nitrogens with one attached hydrogen (secondary N) is 1. The first-order valence-electron chi connectivity index (χ1n) is 4.35. The van der Waals surface area contributed by atoms with Gasteiger partial charge in [0, 0.05) is 6.20 Å². The van der Waals surface area contributed by atoms with Gasteiger partial charge in [0.2, 0.25) is 0 Å². The predicted octanol–water partition coefficient (Wildman–Crippen LogP) is 1.90. The normalized spacial score (nSPS) is 13.2. The van der Waals surface area contributed by atoms with Crippen LogP contribution in [0.4, 0.5) is 19.0 Å². The Kier molecular flexibility index (Phi) is 3.70. The minimum atomic E-state index is -4.63. The summed E-state index contributed by atoms with van der Waals surface area (Å²) in [5.74, 6) is -1.53. The number of pyridine rings is 1. The van der Waals surface area contributed by atoms with Crippen LogP contribution in [0.25, 0.3) is 0 Å². The molecule has 7 heteroatoms. The third-order valence-electron chi connectivity index (χ3n) is 1.76. The molecule has 1 atom stereocenters. The Labute approximate surface area is 89.1 Å². The van der Waals surface area contributed by atoms with Crippen molar-refractivity contribution in [2.24, 2.45) is 0 Å². The molecule has 2 N–H and O–H groups in total. The van der Waals surface area contributed by atoms with Gasteiger partial charge >= 0.3 is 12.1 Å². The Balaban J connectivity index is 2.75. The van der Waals surface area contributed by atoms with Crippen molar-refractivity contribution in [1.29, 1.82) is 0 Å². The zero-order valence-electron chi connectivity index (χ0n) is 8.03. The van der Waals surface area contributed by atoms with Crippen LogP contribution in [0.2, 0.25) is 0 Å². The van der Waals surface area contributed by atoms with Crippen LogP contribution < -0.4 is 5.32 Å². The molecule has 1 aromatic rings. The molecule has 0 aliphatic carbocycles. The van der Waals surface area contributed by atoms with Crippen LogP contribution in [0.15, 0.2) is 24.4 Å². The molecule has 0 saturated carbocycles. The second kappa shape index (κ2) is 4.82. The van der Waals surface area contributed by atoms with Crippen LogP contribution >= 0.6 is 0 Å². The number of aromatic nitrogens is 1. The molecule has 0 spiro atoms. The standard InChI is InChI=1S/C9H9F3N2O2/c10-9(11,12)6(5-8(15)16)14-7-3-1-2-4-13-7/h1-4,6H,5H2,(H,13,14)(H,15,16)/t6-/m1/s1. The van der Waals surface area contributed by atoms with E-state index in [1.807, 2.05) is 5.32 Å². The fraction of sp³-hybridized carbons (Fsp3) is 0.333. The average Bonchev–Trinajstić information content (AvgIpc) is 2.16. The van der Waals surface area contributed by atoms with E-state index in [0.29, 0.717) is 0 Å². The molecule has 0 unspecified atom stereocenters. The zero-order valence-corrected chi connectivity index (χ0v) is 8.03. The summed E-state index contributed by atoms with van der Waals surface area (Å²) in [6.45, 7) is 0. The van der Waals surface area contributed by atoms with Gasteiger partial charge in [0.25, 0.3) is 0 Å². The van der Waals surface area contributed by atoms with Crippen LogP contribution in [0.1, 0.15) is 6.42 Å². The van der Waals surface area contributed by atoms with Gasteiger partial charge in [-0.3, -0.25) is 4.79 Å². The Morgan fingerprint density at radius 3 is 2.62 bits per heavy atom. The Hall–Kier alpha value is -1.79. The lowest BCUT2D eigenvalue weighted by Crippen LogP contribution is -2.38. The number of aliphatic carboxylic acids is 1. The van der Waals surface area contributed by atoms with Crippen LogP contribution in [0, 0.1) is 0 Å². The molecule has 0 radical (unpaired) electrons. The van der Waals surface area contributed by atoms with Gasteiger partial charge in [-0.15, -0.1) is 0 Å². The van der Waals surface area contributed by atoms with E-state index in [-0.39, 0.29) is 5.82 Å². The van der Waals surface area contributed by atoms with Crippen LogP contribution in [-0.2, 0) is 4.79 Å². The molecule has 88 valence electrons. The fourth-order valence-electron chi connectivity index (χ4n) is 1.05. The van der Waals surface area contributed by atoms with Crippen molar-refractivity contribution < 1.29 is 23.1 Å². The average molecular weight is 234 g/mol. The van der Waals surface area contributed by atoms with Gasteiger partial charge in [0.1, 0.15) is 11.9 Å². The summed E-state index contributed by atoms with van der Waals surface area (Å²) in [5, 5.41) is 10.4. The maximum Gasteiger partial charge on any atom is 0.409 e. The molecule has 0 aliphatic heterocycles. The van der Waals surface area contributed by atoms with Crippen molar-refractivity contribution in [3.05, 3.63) is 24.4 Å². The van der Waals surface area contributed by atoms with E-state index in [0.717, 1.165) is 0 Å². The lowest BCUT2D eigenvalue weighted by atomic mass is 10.2. The minimum Gasteiger partial charge on any atom is -0.481 e. The predicted molar refractivity (Wildman–Crippen MR) is 50.0 cm³/mol. The number of anilines is 1. The minimum absolute atomic E-state index is 0.00826. The Morgan fingerprint density at radius 1 is 1.50 bits per heavy atom. The zero-order chi connectivity index (χ0) is 12.2. The van der Waals surface area contributed by atoms with Crippen molar-refractivity contribution >= 4 is 11.8 Å². The topological polar surface area (TPSA) is 62.2 Å². The second-order valence-electron chi connectivity index (χ2n) is 3.05. The van der Waals surface area contributed by atoms with Gasteiger partial charge in [-0.1, -0.05) is 6.07 Å². The van der Waals surface area contributed by atoms with E-state index in [2.05, 4.69) is 4.98 Å². The third kappa shape index (κ3) is 3.76. The lowest BCUT2D eigenvalue weighted by molar-refractivity contribution is -0.157. The van der Waals surface area contributed by atoms with E-state index in [1.165, 1.54) is 18.3 Å². The summed E-state index contributed by atoms with van der Waals surface area (Å²) in [7, 11) is 0. The maximum absolute atomic E-state index is 12.4. The Morgan fingerprint density at radius 2 is 2.19 bits per heavy atom. The number of hydrogen-bond donors (Lipinski definition) is 2. The van der Waals surface area contributed by atoms with Crippen molar-refractivity contribution in [2.75, 3.05) is 5.32 Å². The van der Waals surface area contributed by atoms with E-state index < -0.39 is 24.6 Å². The van der Waals surface area contributed by atoms with Gasteiger partial charge in [0.15, 0.2) is 0 Å². The van der Waals surface area contributed by atoms with E-state index in [4.69, 9.17) is 5.11 Å². The second-order valence-corrected chi connectivity index (χ2v) is 3.05. The number of carbonyl (C=O) groups is 1. The highest BCUT2D eigenvalue weighted by atomic mass is 19.4. The number of carboxylic acid groups (broad SMARTS) is 1. The summed E-state index contributed by atoms with van der Waals surface area (Å²) in [6, 6.07) is 2.25. The summed E-state index contributed by atoms with van der Waals surface area (Å²) < 4.78 is 37.2. The van der Waals surface area contributed by atoms with Crippen LogP contribution in [-0.4, -0.2) is 28.3 Å². The first-order valence-corrected chi connectivity index (χ1v) is 4.35. The summed E-state index contributed by atoms with van der Waals surface area (Å²) in [5.41, 5.74) is 0. The van der Waals surface area contributed by atoms with E-state index in [9.17, 15) is 18.0 Å². The molecule has 0 amide bonds. The fourth-order valence-corrected chi connectivity index (χ4v) is 1.05. The quantitative estimate of drug-likeness (QED) is 0.835. The molecular weight excluding hydrogens is 225 g/mol. The molecule has 0 saturated heterocycles. The van der Waals surface area contributed by atoms with Crippen LogP contribution in [0.3, 0.4) is 0 Å². The van der Waals surface area contributed by atoms with Gasteiger partial charge < -0.3 is 10.4 Å². The first kappa shape index (κ1) is 12.3. The summed E-state index contributed by atoms with van der Waals surface area (Å²) >= 11 is 0. The maximum atomic E-state index is 12.4. The molecule has 4 nitrogen and oxygen atoms in total. The smallest absolute Gasteiger partial charge is 0.409 e. The van der Waals surface area contributed by atoms with E-state index >= 15 is 0 Å². The highest BCUT2D eigenvalue weighted by Crippen LogP contribution is 2.25. The summed E-state index contributed by atoms with van der Waals surface area (Å²) in [4.78, 5) is 13.9. The first-order chi connectivity index (χ1) is 7.39. The van der Waals surface area contributed by atoms with Crippen LogP contribution in [0.5, 0.6) is 0 Å². The SMILES string of the molecule is O=C(O)C[C@@H](Nc1ccccn1)C(F)(F)F. The number of carboxylic acids is 1. The monoisotopic (exact) mass is 234 g/mol. The van der Waals surface area contributed by atoms with Gasteiger partial charge in [-0.2, -0.15) is 13.2 Å². The molecular formula is C9H9F3N2O2. The summed E-state index contributed by atoms with van der Waals surface area (Å²) in [6.07, 6.45) is -4.35. The largest absolute Gasteiger partial charge is 0.481 e. The number of alkyl halides is 3. The van der Waals surface area contributed by atoms with Gasteiger partial charge in [0.05, 0.1) is 6.42 Å². The van der Waals surface area contributed by atoms with E-state index in [1.54, 1.807) is 6.07 Å². The molecule has 1 heterocycles. The number of hydrogen-bond acceptors (Lipinski definition) is 3. The van der Waals surface area contributed by atoms with Crippen molar-refractivity contribution in [3.8, 4) is 0 Å². The highest BCUT2D eigenvalue weighted by Gasteiger charge is 2.41. The third-order valence-corrected chi connectivity index (χ3v) is 1.76. The highest BCUT2D eigenvalue weighted by molar-refractivity contribution is 5.68. The van der Waals surface area contributed by atoms with Gasteiger partial charge in [-0.25, -0.2) is 4.98 Å². The lowest BCUT2D eigenvalue weighted by Gasteiger charge is -2.20. The molecule has 0 aliphatic rings. The molecule has 1 aromatic heterocycles. The molecule has 0 fully saturated rings. The van der Waals surface area contributed by atoms with Crippen molar-refractivity contribution in [3.63, 3.8) is 0 Å². The van der Waals surface area contributed by atoms with Crippen molar-refractivity contribution in [2.45, 2.75) is 18.6 Å². The number of nitrogens with zero attached hydrogens (tertiary/aromatic N) is 1. The molecule has 0 aromatic carbocycles. The Bertz CT molecular complexity index is 354. The number of rotatable bonds is 4. The molecule has 16 heavy (non-hydrogen) atoms. The molecule has 0 bridgehead atoms.